The van der Waals surface area contributed by atoms with E-state index in [1.165, 1.54) is 12.8 Å². The average molecular weight is 430 g/mol. The van der Waals surface area contributed by atoms with Gasteiger partial charge in [-0.3, -0.25) is 9.69 Å². The molecule has 1 fully saturated rings. The second-order valence-electron chi connectivity index (χ2n) is 7.10. The maximum atomic E-state index is 12.7. The van der Waals surface area contributed by atoms with Crippen LogP contribution >= 0.6 is 23.2 Å². The Morgan fingerprint density at radius 1 is 1.03 bits per heavy atom. The lowest BCUT2D eigenvalue weighted by Crippen LogP contribution is -2.36. The minimum absolute atomic E-state index is 0.0985. The van der Waals surface area contributed by atoms with Crippen molar-refractivity contribution < 1.29 is 9.32 Å². The van der Waals surface area contributed by atoms with Gasteiger partial charge in [-0.1, -0.05) is 40.5 Å². The van der Waals surface area contributed by atoms with Crippen LogP contribution in [0.25, 0.3) is 11.3 Å². The molecule has 1 aliphatic heterocycles. The number of hydrogen-bond donors (Lipinski definition) is 1. The summed E-state index contributed by atoms with van der Waals surface area (Å²) in [6.45, 7) is 2.53. The number of rotatable bonds is 6. The van der Waals surface area contributed by atoms with Crippen LogP contribution in [-0.2, 0) is 0 Å². The Bertz CT molecular complexity index is 964. The molecule has 0 spiro atoms. The van der Waals surface area contributed by atoms with E-state index >= 15 is 0 Å². The van der Waals surface area contributed by atoms with Gasteiger partial charge in [0.25, 0.3) is 5.91 Å². The smallest absolute Gasteiger partial charge is 0.273 e. The van der Waals surface area contributed by atoms with Crippen molar-refractivity contribution in [1.29, 1.82) is 0 Å². The van der Waals surface area contributed by atoms with E-state index in [0.29, 0.717) is 22.4 Å². The fraction of sp³-hybridized carbons (Fsp3) is 0.273. The highest BCUT2D eigenvalue weighted by atomic mass is 35.5. The van der Waals surface area contributed by atoms with E-state index in [-0.39, 0.29) is 17.6 Å². The van der Waals surface area contributed by atoms with Gasteiger partial charge < -0.3 is 9.84 Å². The van der Waals surface area contributed by atoms with E-state index in [1.54, 1.807) is 18.2 Å². The first-order valence-corrected chi connectivity index (χ1v) is 10.4. The molecule has 4 rings (SSSR count). The second-order valence-corrected chi connectivity index (χ2v) is 7.98. The number of likely N-dealkylation sites (tertiary alicyclic amines) is 1. The summed E-state index contributed by atoms with van der Waals surface area (Å²) in [5.41, 5.74) is 2.21. The van der Waals surface area contributed by atoms with Gasteiger partial charge >= 0.3 is 0 Å². The molecule has 0 saturated carbocycles. The first-order valence-electron chi connectivity index (χ1n) is 9.60. The van der Waals surface area contributed by atoms with Crippen molar-refractivity contribution in [1.82, 2.24) is 15.4 Å². The molecule has 3 aromatic rings. The van der Waals surface area contributed by atoms with Gasteiger partial charge in [-0.05, 0) is 67.9 Å². The molecule has 29 heavy (non-hydrogen) atoms. The predicted octanol–water partition coefficient (Wildman–Crippen LogP) is 5.22. The fourth-order valence-electron chi connectivity index (χ4n) is 3.61. The predicted molar refractivity (Wildman–Crippen MR) is 114 cm³/mol. The highest BCUT2D eigenvalue weighted by Crippen LogP contribution is 2.26. The lowest BCUT2D eigenvalue weighted by Gasteiger charge is -2.28. The minimum Gasteiger partial charge on any atom is -0.355 e. The maximum Gasteiger partial charge on any atom is 0.273 e. The summed E-state index contributed by atoms with van der Waals surface area (Å²) in [6.07, 6.45) is 2.34. The van der Waals surface area contributed by atoms with Gasteiger partial charge in [0.2, 0.25) is 0 Å². The second kappa shape index (κ2) is 8.99. The van der Waals surface area contributed by atoms with Gasteiger partial charge in [-0.2, -0.15) is 0 Å². The highest BCUT2D eigenvalue weighted by Gasteiger charge is 2.24. The number of nitrogens with zero attached hydrogens (tertiary/aromatic N) is 2. The largest absolute Gasteiger partial charge is 0.355 e. The molecule has 2 heterocycles. The van der Waals surface area contributed by atoms with E-state index in [2.05, 4.69) is 15.4 Å². The van der Waals surface area contributed by atoms with Crippen molar-refractivity contribution in [3.8, 4) is 11.3 Å². The topological polar surface area (TPSA) is 58.4 Å². The summed E-state index contributed by atoms with van der Waals surface area (Å²) in [5, 5.41) is 8.27. The third kappa shape index (κ3) is 4.81. The van der Waals surface area contributed by atoms with Crippen LogP contribution in [0.2, 0.25) is 10.0 Å². The van der Waals surface area contributed by atoms with Crippen molar-refractivity contribution in [3.05, 3.63) is 75.9 Å². The molecule has 2 aromatic carbocycles. The summed E-state index contributed by atoms with van der Waals surface area (Å²) < 4.78 is 5.34. The van der Waals surface area contributed by atoms with Crippen LogP contribution in [0.3, 0.4) is 0 Å². The summed E-state index contributed by atoms with van der Waals surface area (Å²) in [4.78, 5) is 15.0. The Morgan fingerprint density at radius 3 is 2.31 bits per heavy atom. The number of hydrogen-bond acceptors (Lipinski definition) is 4. The number of benzene rings is 2. The molecule has 1 amide bonds. The first kappa shape index (κ1) is 20.0. The molecule has 0 radical (unpaired) electrons. The standard InChI is InChI=1S/C22H21Cl2N3O2/c23-17-7-3-15(4-8-17)20(27-11-1-2-12-27)14-25-22(28)19-13-21(29-26-19)16-5-9-18(24)10-6-16/h3-10,13,20H,1-2,11-12,14H2,(H,25,28)/t20-/m1/s1. The number of aromatic nitrogens is 1. The van der Waals surface area contributed by atoms with E-state index < -0.39 is 0 Å². The number of nitrogens with one attached hydrogen (secondary N) is 1. The zero-order valence-electron chi connectivity index (χ0n) is 15.8. The SMILES string of the molecule is O=C(NC[C@H](c1ccc(Cl)cc1)N1CCCC1)c1cc(-c2ccc(Cl)cc2)on1. The van der Waals surface area contributed by atoms with Crippen LogP contribution in [0.4, 0.5) is 0 Å². The normalized spacial score (nSPS) is 15.4. The van der Waals surface area contributed by atoms with E-state index in [4.69, 9.17) is 27.7 Å². The Kier molecular flexibility index (Phi) is 6.19. The van der Waals surface area contributed by atoms with Gasteiger partial charge in [0.1, 0.15) is 0 Å². The summed E-state index contributed by atoms with van der Waals surface area (Å²) in [7, 11) is 0. The van der Waals surface area contributed by atoms with Gasteiger partial charge in [0.15, 0.2) is 11.5 Å². The van der Waals surface area contributed by atoms with Crippen LogP contribution < -0.4 is 5.32 Å². The number of carbonyl (C=O) groups excluding carboxylic acids is 1. The van der Waals surface area contributed by atoms with E-state index in [1.807, 2.05) is 36.4 Å². The van der Waals surface area contributed by atoms with Crippen LogP contribution in [0.15, 0.2) is 59.1 Å². The maximum absolute atomic E-state index is 12.7. The summed E-state index contributed by atoms with van der Waals surface area (Å²) in [6, 6.07) is 16.8. The molecular weight excluding hydrogens is 409 g/mol. The lowest BCUT2D eigenvalue weighted by atomic mass is 10.1. The Balaban J connectivity index is 1.45. The highest BCUT2D eigenvalue weighted by molar-refractivity contribution is 6.30. The molecule has 1 atom stereocenters. The number of amides is 1. The minimum atomic E-state index is -0.257. The van der Waals surface area contributed by atoms with Gasteiger partial charge in [-0.25, -0.2) is 0 Å². The average Bonchev–Trinajstić information content (AvgIpc) is 3.42. The molecule has 0 aliphatic carbocycles. The van der Waals surface area contributed by atoms with Crippen LogP contribution in [0.1, 0.15) is 34.9 Å². The van der Waals surface area contributed by atoms with Gasteiger partial charge in [0, 0.05) is 28.2 Å². The molecule has 1 saturated heterocycles. The van der Waals surface area contributed by atoms with Gasteiger partial charge in [0.05, 0.1) is 6.04 Å². The molecule has 5 nitrogen and oxygen atoms in total. The van der Waals surface area contributed by atoms with E-state index in [9.17, 15) is 4.79 Å². The number of carbonyl (C=O) groups is 1. The van der Waals surface area contributed by atoms with Crippen molar-refractivity contribution >= 4 is 29.1 Å². The molecule has 1 aromatic heterocycles. The summed E-state index contributed by atoms with van der Waals surface area (Å²) in [5.74, 6) is 0.271. The van der Waals surface area contributed by atoms with E-state index in [0.717, 1.165) is 24.2 Å². The van der Waals surface area contributed by atoms with Gasteiger partial charge in [-0.15, -0.1) is 0 Å². The molecule has 150 valence electrons. The molecule has 0 bridgehead atoms. The Morgan fingerprint density at radius 2 is 1.66 bits per heavy atom. The van der Waals surface area contributed by atoms with Crippen LogP contribution in [0, 0.1) is 0 Å². The zero-order chi connectivity index (χ0) is 20.2. The zero-order valence-corrected chi connectivity index (χ0v) is 17.3. The summed E-state index contributed by atoms with van der Waals surface area (Å²) >= 11 is 12.0. The first-order chi connectivity index (χ1) is 14.1. The Labute approximate surface area is 179 Å². The lowest BCUT2D eigenvalue weighted by molar-refractivity contribution is 0.0929. The molecule has 7 heteroatoms. The van der Waals surface area contributed by atoms with Crippen LogP contribution in [0.5, 0.6) is 0 Å². The van der Waals surface area contributed by atoms with Crippen molar-refractivity contribution in [2.24, 2.45) is 0 Å². The van der Waals surface area contributed by atoms with Crippen molar-refractivity contribution in [3.63, 3.8) is 0 Å². The van der Waals surface area contributed by atoms with Crippen molar-refractivity contribution in [2.45, 2.75) is 18.9 Å². The molecule has 1 N–H and O–H groups in total. The quantitative estimate of drug-likeness (QED) is 0.583. The third-order valence-electron chi connectivity index (χ3n) is 5.16. The van der Waals surface area contributed by atoms with Crippen LogP contribution in [-0.4, -0.2) is 35.6 Å². The Hall–Kier alpha value is -2.34. The molecule has 0 unspecified atom stereocenters. The monoisotopic (exact) mass is 429 g/mol. The number of halogens is 2. The molecule has 1 aliphatic rings. The fourth-order valence-corrected chi connectivity index (χ4v) is 3.86. The third-order valence-corrected chi connectivity index (χ3v) is 5.67. The molecular formula is C22H21Cl2N3O2. The van der Waals surface area contributed by atoms with Crippen molar-refractivity contribution in [2.75, 3.05) is 19.6 Å².